The van der Waals surface area contributed by atoms with Gasteiger partial charge >= 0.3 is 0 Å². The molecule has 0 radical (unpaired) electrons. The SMILES string of the molecule is COCCOC1(C(=O)N(C)OC)CCC(c2nc3c(-c4cnn(-c5ccccc5)c4)cnn3c(N)c2S(C)(=O)=O)CC1. The monoisotopic (exact) mass is 597 g/mol. The molecule has 2 N–H and O–H groups in total. The van der Waals surface area contributed by atoms with E-state index in [0.717, 1.165) is 22.6 Å². The quantitative estimate of drug-likeness (QED) is 0.213. The Hall–Kier alpha value is -3.85. The summed E-state index contributed by atoms with van der Waals surface area (Å²) in [6, 6.07) is 9.67. The number of ether oxygens (including phenoxy) is 2. The maximum Gasteiger partial charge on any atom is 0.278 e. The summed E-state index contributed by atoms with van der Waals surface area (Å²) in [6.07, 6.45) is 7.83. The summed E-state index contributed by atoms with van der Waals surface area (Å²) in [5.41, 5.74) is 8.44. The number of rotatable bonds is 10. The minimum absolute atomic E-state index is 0.0115. The molecule has 14 heteroatoms. The van der Waals surface area contributed by atoms with Gasteiger partial charge in [-0.25, -0.2) is 23.1 Å². The van der Waals surface area contributed by atoms with Crippen molar-refractivity contribution in [3.8, 4) is 16.8 Å². The first-order valence-corrected chi connectivity index (χ1v) is 15.4. The summed E-state index contributed by atoms with van der Waals surface area (Å²) in [7, 11) is 0.735. The first-order chi connectivity index (χ1) is 20.1. The average molecular weight is 598 g/mol. The number of fused-ring (bicyclic) bond motifs is 1. The summed E-state index contributed by atoms with van der Waals surface area (Å²) in [4.78, 5) is 23.3. The van der Waals surface area contributed by atoms with E-state index in [-0.39, 0.29) is 29.1 Å². The number of methoxy groups -OCH3 is 1. The Morgan fingerprint density at radius 2 is 1.83 bits per heavy atom. The Kier molecular flexibility index (Phi) is 8.32. The van der Waals surface area contributed by atoms with Crippen molar-refractivity contribution < 1.29 is 27.5 Å². The Labute approximate surface area is 244 Å². The van der Waals surface area contributed by atoms with Gasteiger partial charge in [0.15, 0.2) is 15.5 Å². The van der Waals surface area contributed by atoms with Crippen LogP contribution in [0.1, 0.15) is 37.3 Å². The van der Waals surface area contributed by atoms with Crippen molar-refractivity contribution in [1.82, 2.24) is 29.4 Å². The van der Waals surface area contributed by atoms with E-state index < -0.39 is 15.4 Å². The normalized spacial score (nSPS) is 19.3. The van der Waals surface area contributed by atoms with E-state index in [9.17, 15) is 13.2 Å². The molecular weight excluding hydrogens is 562 g/mol. The standard InChI is InChI=1S/C28H35N7O6S/c1-33(40-3)27(36)28(41-15-14-39-2)12-10-19(11-13-28)23-24(42(4,37)38)25(29)35-26(32-23)22(17-31-35)20-16-30-34(18-20)21-8-6-5-7-9-21/h5-9,16-19H,10-15,29H2,1-4H3. The lowest BCUT2D eigenvalue weighted by atomic mass is 9.76. The van der Waals surface area contributed by atoms with E-state index in [1.165, 1.54) is 18.7 Å². The summed E-state index contributed by atoms with van der Waals surface area (Å²) in [5, 5.41) is 10.0. The molecule has 1 aliphatic rings. The van der Waals surface area contributed by atoms with Gasteiger partial charge in [-0.05, 0) is 37.8 Å². The maximum atomic E-state index is 13.3. The van der Waals surface area contributed by atoms with Crippen LogP contribution in [0.2, 0.25) is 0 Å². The zero-order valence-corrected chi connectivity index (χ0v) is 24.9. The van der Waals surface area contributed by atoms with Gasteiger partial charge in [0.05, 0.1) is 44.1 Å². The number of nitrogen functional groups attached to an aromatic ring is 1. The number of sulfone groups is 1. The van der Waals surface area contributed by atoms with Gasteiger partial charge in [-0.2, -0.15) is 14.7 Å². The number of hydroxylamine groups is 2. The molecule has 0 aliphatic heterocycles. The number of hydrogen-bond donors (Lipinski definition) is 1. The minimum Gasteiger partial charge on any atom is -0.382 e. The first-order valence-electron chi connectivity index (χ1n) is 13.5. The molecule has 1 fully saturated rings. The highest BCUT2D eigenvalue weighted by Gasteiger charge is 2.46. The fraction of sp³-hybridized carbons (Fsp3) is 0.429. The molecule has 3 aromatic heterocycles. The van der Waals surface area contributed by atoms with Gasteiger partial charge in [-0.1, -0.05) is 18.2 Å². The van der Waals surface area contributed by atoms with Crippen molar-refractivity contribution in [3.63, 3.8) is 0 Å². The predicted octanol–water partition coefficient (Wildman–Crippen LogP) is 2.65. The van der Waals surface area contributed by atoms with Crippen molar-refractivity contribution in [3.05, 3.63) is 54.6 Å². The van der Waals surface area contributed by atoms with Gasteiger partial charge in [0.25, 0.3) is 5.91 Å². The van der Waals surface area contributed by atoms with Crippen molar-refractivity contribution in [1.29, 1.82) is 0 Å². The van der Waals surface area contributed by atoms with Crippen LogP contribution in [0.3, 0.4) is 0 Å². The van der Waals surface area contributed by atoms with E-state index in [0.29, 0.717) is 49.2 Å². The highest BCUT2D eigenvalue weighted by molar-refractivity contribution is 7.91. The predicted molar refractivity (Wildman–Crippen MR) is 155 cm³/mol. The molecule has 13 nitrogen and oxygen atoms in total. The van der Waals surface area contributed by atoms with Crippen LogP contribution in [0.4, 0.5) is 5.82 Å². The number of likely N-dealkylation sites (N-methyl/N-ethyl adjacent to an activating group) is 1. The highest BCUT2D eigenvalue weighted by atomic mass is 32.2. The second kappa shape index (κ2) is 11.8. The van der Waals surface area contributed by atoms with Crippen LogP contribution in [0.15, 0.2) is 53.8 Å². The lowest BCUT2D eigenvalue weighted by Crippen LogP contribution is -2.51. The Bertz CT molecular complexity index is 1680. The number of amides is 1. The smallest absolute Gasteiger partial charge is 0.278 e. The van der Waals surface area contributed by atoms with Crippen LogP contribution < -0.4 is 5.73 Å². The number of nitrogens with zero attached hydrogens (tertiary/aromatic N) is 6. The lowest BCUT2D eigenvalue weighted by molar-refractivity contribution is -0.200. The van der Waals surface area contributed by atoms with Crippen LogP contribution in [0.25, 0.3) is 22.5 Å². The van der Waals surface area contributed by atoms with Crippen LogP contribution >= 0.6 is 0 Å². The molecular formula is C28H35N7O6S. The van der Waals surface area contributed by atoms with E-state index in [4.69, 9.17) is 25.0 Å². The molecule has 5 rings (SSSR count). The second-order valence-electron chi connectivity index (χ2n) is 10.4. The molecule has 224 valence electrons. The molecule has 0 unspecified atom stereocenters. The van der Waals surface area contributed by atoms with Crippen LogP contribution in [0.5, 0.6) is 0 Å². The third-order valence-electron chi connectivity index (χ3n) is 7.74. The Morgan fingerprint density at radius 3 is 2.48 bits per heavy atom. The third-order valence-corrected chi connectivity index (χ3v) is 8.90. The van der Waals surface area contributed by atoms with Crippen molar-refractivity contribution >= 4 is 27.2 Å². The van der Waals surface area contributed by atoms with Crippen molar-refractivity contribution in [2.45, 2.75) is 42.1 Å². The second-order valence-corrected chi connectivity index (χ2v) is 12.3. The lowest BCUT2D eigenvalue weighted by Gasteiger charge is -2.40. The molecule has 3 heterocycles. The number of carbonyl (C=O) groups excluding carboxylic acids is 1. The van der Waals surface area contributed by atoms with Gasteiger partial charge < -0.3 is 15.2 Å². The summed E-state index contributed by atoms with van der Waals surface area (Å²) < 4.78 is 40.4. The van der Waals surface area contributed by atoms with Crippen LogP contribution in [-0.4, -0.2) is 90.1 Å². The van der Waals surface area contributed by atoms with Gasteiger partial charge in [0, 0.05) is 43.7 Å². The topological polar surface area (TPSA) is 156 Å². The van der Waals surface area contributed by atoms with Crippen LogP contribution in [-0.2, 0) is 28.9 Å². The number of hydrogen-bond acceptors (Lipinski definition) is 10. The molecule has 0 bridgehead atoms. The van der Waals surface area contributed by atoms with E-state index >= 15 is 0 Å². The number of anilines is 1. The Morgan fingerprint density at radius 1 is 1.12 bits per heavy atom. The third kappa shape index (κ3) is 5.50. The van der Waals surface area contributed by atoms with Gasteiger partial charge in [0.2, 0.25) is 0 Å². The van der Waals surface area contributed by atoms with E-state index in [1.807, 2.05) is 36.5 Å². The highest BCUT2D eigenvalue weighted by Crippen LogP contribution is 2.43. The minimum atomic E-state index is -3.78. The zero-order chi connectivity index (χ0) is 30.1. The molecule has 1 amide bonds. The van der Waals surface area contributed by atoms with Gasteiger partial charge in [-0.15, -0.1) is 0 Å². The fourth-order valence-electron chi connectivity index (χ4n) is 5.53. The number of benzene rings is 1. The molecule has 1 saturated carbocycles. The molecule has 1 aliphatic carbocycles. The fourth-order valence-corrected chi connectivity index (χ4v) is 6.59. The molecule has 42 heavy (non-hydrogen) atoms. The molecule has 4 aromatic rings. The van der Waals surface area contributed by atoms with Crippen molar-refractivity contribution in [2.75, 3.05) is 46.5 Å². The van der Waals surface area contributed by atoms with Gasteiger partial charge in [-0.3, -0.25) is 9.63 Å². The van der Waals surface area contributed by atoms with Crippen LogP contribution in [0, 0.1) is 0 Å². The average Bonchev–Trinajstić information content (AvgIpc) is 3.64. The van der Waals surface area contributed by atoms with Crippen molar-refractivity contribution in [2.24, 2.45) is 0 Å². The summed E-state index contributed by atoms with van der Waals surface area (Å²) in [5.74, 6) is -0.612. The zero-order valence-electron chi connectivity index (χ0n) is 24.1. The molecule has 0 spiro atoms. The largest absolute Gasteiger partial charge is 0.382 e. The maximum absolute atomic E-state index is 13.3. The van der Waals surface area contributed by atoms with E-state index in [2.05, 4.69) is 10.2 Å². The Balaban J connectivity index is 1.54. The molecule has 0 saturated heterocycles. The number of nitrogens with two attached hydrogens (primary N) is 1. The molecule has 1 aromatic carbocycles. The summed E-state index contributed by atoms with van der Waals surface area (Å²) >= 11 is 0. The van der Waals surface area contributed by atoms with Gasteiger partial charge in [0.1, 0.15) is 16.3 Å². The number of carbonyl (C=O) groups is 1. The summed E-state index contributed by atoms with van der Waals surface area (Å²) in [6.45, 7) is 0.555. The first kappa shape index (κ1) is 29.6. The number of aromatic nitrogens is 5. The molecule has 0 atom stereocenters. The number of para-hydroxylation sites is 1. The van der Waals surface area contributed by atoms with E-state index in [1.54, 1.807) is 24.2 Å².